The minimum atomic E-state index is -0.317. The van der Waals surface area contributed by atoms with Gasteiger partial charge in [0.05, 0.1) is 18.3 Å². The Bertz CT molecular complexity index is 546. The summed E-state index contributed by atoms with van der Waals surface area (Å²) in [5.74, 6) is 1.01. The first-order chi connectivity index (χ1) is 12.1. The molecule has 0 bridgehead atoms. The number of hydrogen-bond donors (Lipinski definition) is 2. The molecule has 1 saturated carbocycles. The molecular weight excluding hydrogens is 316 g/mol. The number of nitrogens with one attached hydrogen (secondary N) is 2. The Hall–Kier alpha value is -2.05. The molecule has 140 valence electrons. The van der Waals surface area contributed by atoms with Crippen molar-refractivity contribution in [3.8, 4) is 0 Å². The van der Waals surface area contributed by atoms with Crippen LogP contribution >= 0.6 is 0 Å². The highest BCUT2D eigenvalue weighted by Crippen LogP contribution is 2.39. The number of carbonyl (C=O) groups is 1. The Morgan fingerprint density at radius 1 is 1.32 bits per heavy atom. The minimum Gasteiger partial charge on any atom is -0.357 e. The van der Waals surface area contributed by atoms with Crippen molar-refractivity contribution in [2.24, 2.45) is 10.4 Å². The Morgan fingerprint density at radius 2 is 2.08 bits per heavy atom. The summed E-state index contributed by atoms with van der Waals surface area (Å²) < 4.78 is 2.06. The maximum atomic E-state index is 12.6. The third-order valence-corrected chi connectivity index (χ3v) is 4.75. The number of hydrogen-bond acceptors (Lipinski definition) is 3. The van der Waals surface area contributed by atoms with E-state index in [4.69, 9.17) is 4.99 Å². The fourth-order valence-corrected chi connectivity index (χ4v) is 3.43. The van der Waals surface area contributed by atoms with E-state index in [9.17, 15) is 4.79 Å². The molecule has 1 fully saturated rings. The Labute approximate surface area is 150 Å². The minimum absolute atomic E-state index is 0.213. The molecule has 7 nitrogen and oxygen atoms in total. The molecule has 0 aromatic carbocycles. The second-order valence-corrected chi connectivity index (χ2v) is 6.96. The molecule has 7 heteroatoms. The summed E-state index contributed by atoms with van der Waals surface area (Å²) in [6.07, 6.45) is 10.7. The van der Waals surface area contributed by atoms with Gasteiger partial charge in [0.15, 0.2) is 5.96 Å². The summed E-state index contributed by atoms with van der Waals surface area (Å²) in [7, 11) is 3.68. The van der Waals surface area contributed by atoms with E-state index < -0.39 is 0 Å². The first kappa shape index (κ1) is 19.3. The van der Waals surface area contributed by atoms with Crippen LogP contribution in [0.1, 0.15) is 39.0 Å². The average Bonchev–Trinajstić information content (AvgIpc) is 3.28. The average molecular weight is 348 g/mol. The second-order valence-electron chi connectivity index (χ2n) is 6.96. The van der Waals surface area contributed by atoms with Crippen LogP contribution in [0.3, 0.4) is 0 Å². The van der Waals surface area contributed by atoms with Crippen LogP contribution in [-0.2, 0) is 11.3 Å². The summed E-state index contributed by atoms with van der Waals surface area (Å²) in [4.78, 5) is 23.1. The zero-order chi connectivity index (χ0) is 18.1. The van der Waals surface area contributed by atoms with Gasteiger partial charge in [0.2, 0.25) is 5.91 Å². The van der Waals surface area contributed by atoms with Gasteiger partial charge in [-0.1, -0.05) is 12.8 Å². The quantitative estimate of drug-likeness (QED) is 0.424. The van der Waals surface area contributed by atoms with Gasteiger partial charge in [-0.3, -0.25) is 9.79 Å². The number of amides is 1. The Kier molecular flexibility index (Phi) is 7.28. The fourth-order valence-electron chi connectivity index (χ4n) is 3.43. The van der Waals surface area contributed by atoms with Crippen molar-refractivity contribution in [1.29, 1.82) is 0 Å². The zero-order valence-electron chi connectivity index (χ0n) is 15.8. The smallest absolute Gasteiger partial charge is 0.230 e. The summed E-state index contributed by atoms with van der Waals surface area (Å²) in [6.45, 7) is 5.18. The van der Waals surface area contributed by atoms with Gasteiger partial charge in [-0.05, 0) is 26.2 Å². The lowest BCUT2D eigenvalue weighted by atomic mass is 9.85. The predicted molar refractivity (Wildman–Crippen MR) is 100 cm³/mol. The number of guanidine groups is 1. The van der Waals surface area contributed by atoms with Crippen molar-refractivity contribution < 1.29 is 4.79 Å². The first-order valence-electron chi connectivity index (χ1n) is 9.27. The molecule has 1 aliphatic rings. The maximum absolute atomic E-state index is 12.6. The van der Waals surface area contributed by atoms with Crippen molar-refractivity contribution in [1.82, 2.24) is 25.1 Å². The highest BCUT2D eigenvalue weighted by atomic mass is 16.2. The highest BCUT2D eigenvalue weighted by Gasteiger charge is 2.41. The van der Waals surface area contributed by atoms with Crippen LogP contribution in [0.5, 0.6) is 0 Å². The van der Waals surface area contributed by atoms with Gasteiger partial charge in [0.25, 0.3) is 0 Å². The van der Waals surface area contributed by atoms with Crippen molar-refractivity contribution in [2.45, 2.75) is 45.6 Å². The van der Waals surface area contributed by atoms with Crippen molar-refractivity contribution in [3.05, 3.63) is 18.7 Å². The number of nitrogens with zero attached hydrogens (tertiary/aromatic N) is 4. The van der Waals surface area contributed by atoms with Crippen molar-refractivity contribution >= 4 is 11.9 Å². The summed E-state index contributed by atoms with van der Waals surface area (Å²) >= 11 is 0. The molecule has 0 spiro atoms. The summed E-state index contributed by atoms with van der Waals surface area (Å²) in [5.41, 5.74) is -0.317. The topological polar surface area (TPSA) is 74.6 Å². The molecule has 1 aromatic rings. The summed E-state index contributed by atoms with van der Waals surface area (Å²) in [6, 6.07) is 0. The molecule has 0 atom stereocenters. The van der Waals surface area contributed by atoms with E-state index >= 15 is 0 Å². The largest absolute Gasteiger partial charge is 0.357 e. The van der Waals surface area contributed by atoms with Gasteiger partial charge in [-0.15, -0.1) is 0 Å². The lowest BCUT2D eigenvalue weighted by Gasteiger charge is -2.29. The zero-order valence-corrected chi connectivity index (χ0v) is 15.8. The standard InChI is InChI=1S/C18H32N6O/c1-4-20-17(21-10-7-12-24-13-11-19-15-24)22-14-18(8-5-6-9-18)16(25)23(2)3/h11,13,15H,4-10,12,14H2,1-3H3,(H2,20,21,22). The van der Waals surface area contributed by atoms with Crippen LogP contribution in [0.15, 0.2) is 23.7 Å². The fraction of sp³-hybridized carbons (Fsp3) is 0.722. The van der Waals surface area contributed by atoms with Crippen LogP contribution in [0.2, 0.25) is 0 Å². The molecule has 1 aliphatic carbocycles. The van der Waals surface area contributed by atoms with E-state index in [-0.39, 0.29) is 11.3 Å². The molecule has 1 amide bonds. The molecular formula is C18H32N6O. The van der Waals surface area contributed by atoms with Gasteiger partial charge in [0, 0.05) is 46.1 Å². The van der Waals surface area contributed by atoms with Gasteiger partial charge in [-0.2, -0.15) is 0 Å². The van der Waals surface area contributed by atoms with E-state index in [1.165, 1.54) is 0 Å². The number of carbonyl (C=O) groups excluding carboxylic acids is 1. The Morgan fingerprint density at radius 3 is 2.68 bits per heavy atom. The summed E-state index contributed by atoms with van der Waals surface area (Å²) in [5, 5.41) is 6.65. The van der Waals surface area contributed by atoms with E-state index in [1.54, 1.807) is 11.1 Å². The van der Waals surface area contributed by atoms with Gasteiger partial charge in [-0.25, -0.2) is 4.98 Å². The van der Waals surface area contributed by atoms with Gasteiger partial charge < -0.3 is 20.1 Å². The molecule has 2 N–H and O–H groups in total. The van der Waals surface area contributed by atoms with Crippen molar-refractivity contribution in [2.75, 3.05) is 33.7 Å². The van der Waals surface area contributed by atoms with E-state index in [2.05, 4.69) is 27.1 Å². The molecule has 0 saturated heterocycles. The monoisotopic (exact) mass is 348 g/mol. The third-order valence-electron chi connectivity index (χ3n) is 4.75. The highest BCUT2D eigenvalue weighted by molar-refractivity contribution is 5.84. The number of aromatic nitrogens is 2. The number of aryl methyl sites for hydroxylation is 1. The van der Waals surface area contributed by atoms with Crippen LogP contribution in [0.4, 0.5) is 0 Å². The number of imidazole rings is 1. The SMILES string of the molecule is CCNC(=NCC1(C(=O)N(C)C)CCCC1)NCCCn1ccnc1. The molecule has 1 aromatic heterocycles. The van der Waals surface area contributed by atoms with E-state index in [1.807, 2.05) is 26.6 Å². The van der Waals surface area contributed by atoms with Gasteiger partial charge >= 0.3 is 0 Å². The van der Waals surface area contributed by atoms with Crippen molar-refractivity contribution in [3.63, 3.8) is 0 Å². The van der Waals surface area contributed by atoms with Gasteiger partial charge in [0.1, 0.15) is 0 Å². The predicted octanol–water partition coefficient (Wildman–Crippen LogP) is 1.48. The molecule has 1 heterocycles. The molecule has 0 unspecified atom stereocenters. The van der Waals surface area contributed by atoms with Crippen LogP contribution in [0.25, 0.3) is 0 Å². The second kappa shape index (κ2) is 9.44. The normalized spacial score (nSPS) is 16.7. The number of rotatable bonds is 8. The lowest BCUT2D eigenvalue weighted by molar-refractivity contribution is -0.138. The van der Waals surface area contributed by atoms with Crippen LogP contribution in [-0.4, -0.2) is 60.0 Å². The molecule has 0 radical (unpaired) electrons. The molecule has 2 rings (SSSR count). The maximum Gasteiger partial charge on any atom is 0.230 e. The molecule has 0 aliphatic heterocycles. The third kappa shape index (κ3) is 5.47. The Balaban J connectivity index is 1.89. The van der Waals surface area contributed by atoms with Crippen LogP contribution in [0, 0.1) is 5.41 Å². The van der Waals surface area contributed by atoms with Crippen LogP contribution < -0.4 is 10.6 Å². The lowest BCUT2D eigenvalue weighted by Crippen LogP contribution is -2.43. The van der Waals surface area contributed by atoms with E-state index in [0.29, 0.717) is 6.54 Å². The molecule has 25 heavy (non-hydrogen) atoms. The first-order valence-corrected chi connectivity index (χ1v) is 9.27. The van der Waals surface area contributed by atoms with E-state index in [0.717, 1.165) is 57.7 Å². The number of aliphatic imine (C=N–C) groups is 1.